The number of fused-ring (bicyclic) bond motifs is 1. The standard InChI is InChI=1S/C15H17N3O3S/c19-14-3-1-2-12-11(5-7-22-12)18(14)8-13-16-15(17-21-13)10-4-6-20-9-10/h5,7,10H,1-4,6,8-9H2/t10-/m0/s1. The van der Waals surface area contributed by atoms with E-state index in [2.05, 4.69) is 10.1 Å². The number of hydrogen-bond acceptors (Lipinski definition) is 6. The summed E-state index contributed by atoms with van der Waals surface area (Å²) in [5.74, 6) is 1.53. The number of nitrogens with zero attached hydrogens (tertiary/aromatic N) is 3. The molecule has 4 rings (SSSR count). The molecule has 22 heavy (non-hydrogen) atoms. The van der Waals surface area contributed by atoms with E-state index in [1.165, 1.54) is 4.88 Å². The molecular formula is C15H17N3O3S. The maximum atomic E-state index is 12.4. The lowest BCUT2D eigenvalue weighted by Gasteiger charge is -2.18. The van der Waals surface area contributed by atoms with Gasteiger partial charge in [0, 0.05) is 23.8 Å². The molecule has 0 saturated carbocycles. The number of ether oxygens (including phenoxy) is 1. The SMILES string of the molecule is O=C1CCCc2sccc2N1Cc1nc([C@H]2CCOC2)no1. The lowest BCUT2D eigenvalue weighted by molar-refractivity contribution is -0.118. The number of carbonyl (C=O) groups excluding carboxylic acids is 1. The van der Waals surface area contributed by atoms with E-state index in [4.69, 9.17) is 9.26 Å². The maximum absolute atomic E-state index is 12.4. The van der Waals surface area contributed by atoms with Crippen molar-refractivity contribution in [1.82, 2.24) is 10.1 Å². The highest BCUT2D eigenvalue weighted by Crippen LogP contribution is 2.32. The molecule has 7 heteroatoms. The Morgan fingerprint density at radius 2 is 2.36 bits per heavy atom. The summed E-state index contributed by atoms with van der Waals surface area (Å²) in [5, 5.41) is 6.09. The number of carbonyl (C=O) groups is 1. The Hall–Kier alpha value is -1.73. The summed E-state index contributed by atoms with van der Waals surface area (Å²) in [7, 11) is 0. The predicted molar refractivity (Wildman–Crippen MR) is 80.9 cm³/mol. The van der Waals surface area contributed by atoms with E-state index in [1.54, 1.807) is 16.2 Å². The van der Waals surface area contributed by atoms with Gasteiger partial charge in [0.2, 0.25) is 11.8 Å². The third-order valence-electron chi connectivity index (χ3n) is 4.18. The monoisotopic (exact) mass is 319 g/mol. The van der Waals surface area contributed by atoms with Crippen molar-refractivity contribution in [3.63, 3.8) is 0 Å². The molecule has 0 aromatic carbocycles. The van der Waals surface area contributed by atoms with Crippen LogP contribution in [0.2, 0.25) is 0 Å². The minimum atomic E-state index is 0.126. The molecule has 2 aromatic heterocycles. The molecule has 0 aliphatic carbocycles. The van der Waals surface area contributed by atoms with Gasteiger partial charge >= 0.3 is 0 Å². The van der Waals surface area contributed by atoms with Crippen molar-refractivity contribution < 1.29 is 14.1 Å². The number of thiophene rings is 1. The average molecular weight is 319 g/mol. The molecule has 0 bridgehead atoms. The van der Waals surface area contributed by atoms with E-state index in [0.717, 1.165) is 31.6 Å². The average Bonchev–Trinajstić information content (AvgIpc) is 3.24. The second-order valence-electron chi connectivity index (χ2n) is 5.67. The third kappa shape index (κ3) is 2.55. The molecule has 2 aliphatic heterocycles. The van der Waals surface area contributed by atoms with Gasteiger partial charge in [-0.05, 0) is 30.7 Å². The Bertz CT molecular complexity index is 675. The van der Waals surface area contributed by atoms with Crippen LogP contribution in [0.4, 0.5) is 5.69 Å². The molecule has 4 heterocycles. The Kier molecular flexibility index (Phi) is 3.67. The van der Waals surface area contributed by atoms with Crippen LogP contribution in [0, 0.1) is 0 Å². The number of aryl methyl sites for hydroxylation is 1. The van der Waals surface area contributed by atoms with Gasteiger partial charge in [0.15, 0.2) is 5.82 Å². The molecule has 2 aliphatic rings. The van der Waals surface area contributed by atoms with Crippen molar-refractivity contribution in [3.05, 3.63) is 28.0 Å². The fraction of sp³-hybridized carbons (Fsp3) is 0.533. The fourth-order valence-corrected chi connectivity index (χ4v) is 3.90. The first-order valence-corrected chi connectivity index (χ1v) is 8.46. The van der Waals surface area contributed by atoms with E-state index in [1.807, 2.05) is 11.4 Å². The van der Waals surface area contributed by atoms with Crippen LogP contribution in [0.25, 0.3) is 0 Å². The zero-order valence-corrected chi connectivity index (χ0v) is 13.0. The van der Waals surface area contributed by atoms with E-state index >= 15 is 0 Å². The van der Waals surface area contributed by atoms with E-state index in [-0.39, 0.29) is 11.8 Å². The minimum absolute atomic E-state index is 0.126. The highest BCUT2D eigenvalue weighted by atomic mass is 32.1. The van der Waals surface area contributed by atoms with Crippen LogP contribution in [0.5, 0.6) is 0 Å². The fourth-order valence-electron chi connectivity index (χ4n) is 2.98. The lowest BCUT2D eigenvalue weighted by atomic mass is 10.1. The maximum Gasteiger partial charge on any atom is 0.246 e. The number of amides is 1. The molecule has 0 radical (unpaired) electrons. The van der Waals surface area contributed by atoms with Gasteiger partial charge in [-0.1, -0.05) is 5.16 Å². The van der Waals surface area contributed by atoms with Crippen molar-refractivity contribution in [2.45, 2.75) is 38.1 Å². The Balaban J connectivity index is 1.56. The van der Waals surface area contributed by atoms with E-state index in [0.29, 0.717) is 31.3 Å². The van der Waals surface area contributed by atoms with Gasteiger partial charge in [0.1, 0.15) is 6.54 Å². The summed E-state index contributed by atoms with van der Waals surface area (Å²) in [6.45, 7) is 1.75. The lowest BCUT2D eigenvalue weighted by Crippen LogP contribution is -2.29. The molecule has 6 nitrogen and oxygen atoms in total. The molecule has 1 saturated heterocycles. The summed E-state index contributed by atoms with van der Waals surface area (Å²) >= 11 is 1.70. The van der Waals surface area contributed by atoms with Gasteiger partial charge in [-0.2, -0.15) is 4.98 Å². The zero-order chi connectivity index (χ0) is 14.9. The number of anilines is 1. The van der Waals surface area contributed by atoms with Gasteiger partial charge in [0.25, 0.3) is 0 Å². The molecule has 1 fully saturated rings. The van der Waals surface area contributed by atoms with Crippen molar-refractivity contribution >= 4 is 22.9 Å². The van der Waals surface area contributed by atoms with Crippen molar-refractivity contribution in [3.8, 4) is 0 Å². The second-order valence-corrected chi connectivity index (χ2v) is 6.67. The van der Waals surface area contributed by atoms with Crippen molar-refractivity contribution in [2.75, 3.05) is 18.1 Å². The summed E-state index contributed by atoms with van der Waals surface area (Å²) < 4.78 is 10.7. The molecule has 2 aromatic rings. The highest BCUT2D eigenvalue weighted by molar-refractivity contribution is 7.10. The van der Waals surface area contributed by atoms with Crippen LogP contribution in [-0.2, 0) is 22.5 Å². The third-order valence-corrected chi connectivity index (χ3v) is 5.15. The van der Waals surface area contributed by atoms with Crippen LogP contribution in [0.15, 0.2) is 16.0 Å². The summed E-state index contributed by atoms with van der Waals surface area (Å²) in [5.41, 5.74) is 0.997. The van der Waals surface area contributed by atoms with Crippen LogP contribution in [-0.4, -0.2) is 29.3 Å². The molecular weight excluding hydrogens is 302 g/mol. The molecule has 0 spiro atoms. The Labute approximate surface area is 132 Å². The topological polar surface area (TPSA) is 68.5 Å². The van der Waals surface area contributed by atoms with Crippen LogP contribution < -0.4 is 4.90 Å². The molecule has 0 unspecified atom stereocenters. The predicted octanol–water partition coefficient (Wildman–Crippen LogP) is 2.50. The van der Waals surface area contributed by atoms with Crippen LogP contribution >= 0.6 is 11.3 Å². The largest absolute Gasteiger partial charge is 0.381 e. The number of rotatable bonds is 3. The van der Waals surface area contributed by atoms with Gasteiger partial charge in [-0.3, -0.25) is 4.79 Å². The van der Waals surface area contributed by atoms with Crippen LogP contribution in [0.1, 0.15) is 41.8 Å². The first-order chi connectivity index (χ1) is 10.8. The quantitative estimate of drug-likeness (QED) is 0.869. The minimum Gasteiger partial charge on any atom is -0.381 e. The summed E-state index contributed by atoms with van der Waals surface area (Å²) in [6, 6.07) is 2.01. The summed E-state index contributed by atoms with van der Waals surface area (Å²) in [4.78, 5) is 19.9. The van der Waals surface area contributed by atoms with Gasteiger partial charge in [-0.25, -0.2) is 0 Å². The number of hydrogen-bond donors (Lipinski definition) is 0. The van der Waals surface area contributed by atoms with Gasteiger partial charge in [-0.15, -0.1) is 11.3 Å². The molecule has 1 atom stereocenters. The smallest absolute Gasteiger partial charge is 0.246 e. The van der Waals surface area contributed by atoms with E-state index in [9.17, 15) is 4.79 Å². The van der Waals surface area contributed by atoms with Gasteiger partial charge < -0.3 is 14.2 Å². The van der Waals surface area contributed by atoms with Crippen LogP contribution in [0.3, 0.4) is 0 Å². The normalized spacial score (nSPS) is 21.9. The molecule has 116 valence electrons. The van der Waals surface area contributed by atoms with Crippen molar-refractivity contribution in [1.29, 1.82) is 0 Å². The van der Waals surface area contributed by atoms with Gasteiger partial charge in [0.05, 0.1) is 12.3 Å². The van der Waals surface area contributed by atoms with E-state index < -0.39 is 0 Å². The first-order valence-electron chi connectivity index (χ1n) is 7.58. The first kappa shape index (κ1) is 13.9. The highest BCUT2D eigenvalue weighted by Gasteiger charge is 2.27. The number of aromatic nitrogens is 2. The Morgan fingerprint density at radius 1 is 1.41 bits per heavy atom. The van der Waals surface area contributed by atoms with Crippen molar-refractivity contribution in [2.24, 2.45) is 0 Å². The summed E-state index contributed by atoms with van der Waals surface area (Å²) in [6.07, 6.45) is 3.36. The second kappa shape index (κ2) is 5.81. The Morgan fingerprint density at radius 3 is 3.23 bits per heavy atom. The zero-order valence-electron chi connectivity index (χ0n) is 12.2. The molecule has 1 amide bonds. The molecule has 0 N–H and O–H groups in total.